The molecular formula is C11H16N2O3. The van der Waals surface area contributed by atoms with Gasteiger partial charge in [0.1, 0.15) is 0 Å². The number of rotatable bonds is 4. The second kappa shape index (κ2) is 5.37. The van der Waals surface area contributed by atoms with Crippen LogP contribution in [0.25, 0.3) is 0 Å². The maximum Gasteiger partial charge on any atom is 0.236 e. The smallest absolute Gasteiger partial charge is 0.236 e. The summed E-state index contributed by atoms with van der Waals surface area (Å²) >= 11 is 0. The van der Waals surface area contributed by atoms with Gasteiger partial charge in [-0.15, -0.1) is 0 Å². The third-order valence-electron chi connectivity index (χ3n) is 2.17. The van der Waals surface area contributed by atoms with Crippen molar-refractivity contribution in [3.63, 3.8) is 0 Å². The van der Waals surface area contributed by atoms with Gasteiger partial charge in [-0.2, -0.15) is 0 Å². The minimum absolute atomic E-state index is 0.150. The summed E-state index contributed by atoms with van der Waals surface area (Å²) in [5.41, 5.74) is 6.21. The third kappa shape index (κ3) is 3.43. The topological polar surface area (TPSA) is 95.6 Å². The first-order chi connectivity index (χ1) is 7.50. The van der Waals surface area contributed by atoms with E-state index in [1.54, 1.807) is 13.0 Å². The largest absolute Gasteiger partial charge is 0.504 e. The molecule has 1 aromatic carbocycles. The van der Waals surface area contributed by atoms with Crippen LogP contribution in [0.15, 0.2) is 18.2 Å². The molecule has 1 atom stereocenters. The lowest BCUT2D eigenvalue weighted by Gasteiger charge is -2.08. The molecule has 0 radical (unpaired) electrons. The average Bonchev–Trinajstić information content (AvgIpc) is 2.23. The van der Waals surface area contributed by atoms with E-state index in [4.69, 9.17) is 10.8 Å². The highest BCUT2D eigenvalue weighted by molar-refractivity contribution is 5.80. The summed E-state index contributed by atoms with van der Waals surface area (Å²) in [5, 5.41) is 21.0. The molecule has 0 saturated heterocycles. The molecule has 0 aliphatic rings. The fourth-order valence-corrected chi connectivity index (χ4v) is 1.22. The molecule has 0 aliphatic heterocycles. The molecule has 88 valence electrons. The molecule has 0 heterocycles. The lowest BCUT2D eigenvalue weighted by molar-refractivity contribution is -0.121. The number of phenolic OH excluding ortho intramolecular Hbond substituents is 2. The first kappa shape index (κ1) is 12.3. The van der Waals surface area contributed by atoms with Crippen molar-refractivity contribution in [1.82, 2.24) is 5.32 Å². The van der Waals surface area contributed by atoms with Crippen LogP contribution in [0.3, 0.4) is 0 Å². The molecule has 5 nitrogen and oxygen atoms in total. The normalized spacial score (nSPS) is 12.1. The molecule has 0 saturated carbocycles. The zero-order valence-electron chi connectivity index (χ0n) is 9.10. The van der Waals surface area contributed by atoms with Crippen molar-refractivity contribution in [1.29, 1.82) is 0 Å². The Morgan fingerprint density at radius 1 is 1.44 bits per heavy atom. The van der Waals surface area contributed by atoms with Crippen LogP contribution in [0.5, 0.6) is 11.5 Å². The van der Waals surface area contributed by atoms with Crippen molar-refractivity contribution in [3.8, 4) is 11.5 Å². The number of hydrogen-bond donors (Lipinski definition) is 4. The van der Waals surface area contributed by atoms with Crippen molar-refractivity contribution in [2.45, 2.75) is 19.4 Å². The van der Waals surface area contributed by atoms with E-state index in [2.05, 4.69) is 5.32 Å². The van der Waals surface area contributed by atoms with Gasteiger partial charge in [0.15, 0.2) is 11.5 Å². The van der Waals surface area contributed by atoms with E-state index < -0.39 is 6.04 Å². The number of hydrogen-bond acceptors (Lipinski definition) is 4. The second-order valence-electron chi connectivity index (χ2n) is 3.65. The molecule has 1 rings (SSSR count). The van der Waals surface area contributed by atoms with Crippen molar-refractivity contribution in [3.05, 3.63) is 23.8 Å². The zero-order valence-corrected chi connectivity index (χ0v) is 9.10. The van der Waals surface area contributed by atoms with Crippen LogP contribution in [-0.2, 0) is 11.2 Å². The van der Waals surface area contributed by atoms with Crippen LogP contribution in [0.2, 0.25) is 0 Å². The van der Waals surface area contributed by atoms with Crippen molar-refractivity contribution >= 4 is 5.91 Å². The monoisotopic (exact) mass is 224 g/mol. The van der Waals surface area contributed by atoms with Gasteiger partial charge in [-0.1, -0.05) is 6.07 Å². The first-order valence-corrected chi connectivity index (χ1v) is 5.05. The van der Waals surface area contributed by atoms with E-state index in [-0.39, 0.29) is 17.4 Å². The van der Waals surface area contributed by atoms with E-state index >= 15 is 0 Å². The van der Waals surface area contributed by atoms with Crippen LogP contribution in [0.1, 0.15) is 12.5 Å². The van der Waals surface area contributed by atoms with Gasteiger partial charge in [0.2, 0.25) is 5.91 Å². The summed E-state index contributed by atoms with van der Waals surface area (Å²) in [5.74, 6) is -0.512. The van der Waals surface area contributed by atoms with E-state index in [1.165, 1.54) is 12.1 Å². The summed E-state index contributed by atoms with van der Waals surface area (Å²) in [4.78, 5) is 11.1. The Balaban J connectivity index is 2.43. The van der Waals surface area contributed by atoms with Gasteiger partial charge in [-0.05, 0) is 31.0 Å². The quantitative estimate of drug-likeness (QED) is 0.546. The summed E-state index contributed by atoms with van der Waals surface area (Å²) in [6.07, 6.45) is 0.576. The summed E-state index contributed by atoms with van der Waals surface area (Å²) in [6, 6.07) is 4.05. The van der Waals surface area contributed by atoms with Crippen LogP contribution in [0, 0.1) is 0 Å². The van der Waals surface area contributed by atoms with E-state index in [9.17, 15) is 9.90 Å². The fraction of sp³-hybridized carbons (Fsp3) is 0.364. The molecule has 1 unspecified atom stereocenters. The first-order valence-electron chi connectivity index (χ1n) is 5.05. The molecule has 16 heavy (non-hydrogen) atoms. The average molecular weight is 224 g/mol. The van der Waals surface area contributed by atoms with Gasteiger partial charge in [-0.25, -0.2) is 0 Å². The number of benzene rings is 1. The highest BCUT2D eigenvalue weighted by Crippen LogP contribution is 2.24. The predicted molar refractivity (Wildman–Crippen MR) is 60.1 cm³/mol. The Labute approximate surface area is 93.9 Å². The lowest BCUT2D eigenvalue weighted by atomic mass is 10.1. The van der Waals surface area contributed by atoms with E-state index in [1.807, 2.05) is 0 Å². The molecule has 0 bridgehead atoms. The number of carbonyl (C=O) groups is 1. The number of amides is 1. The lowest BCUT2D eigenvalue weighted by Crippen LogP contribution is -2.39. The SMILES string of the molecule is CC(N)C(=O)NCCc1ccc(O)c(O)c1. The zero-order chi connectivity index (χ0) is 12.1. The van der Waals surface area contributed by atoms with E-state index in [0.29, 0.717) is 13.0 Å². The Bertz CT molecular complexity index is 377. The highest BCUT2D eigenvalue weighted by Gasteiger charge is 2.06. The molecule has 0 fully saturated rings. The third-order valence-corrected chi connectivity index (χ3v) is 2.17. The minimum atomic E-state index is -0.520. The van der Waals surface area contributed by atoms with Gasteiger partial charge in [0.05, 0.1) is 6.04 Å². The molecule has 0 spiro atoms. The fourth-order valence-electron chi connectivity index (χ4n) is 1.22. The Morgan fingerprint density at radius 2 is 2.12 bits per heavy atom. The Kier molecular flexibility index (Phi) is 4.13. The molecular weight excluding hydrogens is 208 g/mol. The van der Waals surface area contributed by atoms with Crippen molar-refractivity contribution in [2.24, 2.45) is 5.73 Å². The van der Waals surface area contributed by atoms with Crippen LogP contribution >= 0.6 is 0 Å². The summed E-state index contributed by atoms with van der Waals surface area (Å²) in [7, 11) is 0. The molecule has 0 aliphatic carbocycles. The molecule has 0 aromatic heterocycles. The van der Waals surface area contributed by atoms with Gasteiger partial charge in [0, 0.05) is 6.54 Å². The number of nitrogens with one attached hydrogen (secondary N) is 1. The summed E-state index contributed by atoms with van der Waals surface area (Å²) < 4.78 is 0. The van der Waals surface area contributed by atoms with Gasteiger partial charge < -0.3 is 21.3 Å². The van der Waals surface area contributed by atoms with Crippen LogP contribution in [0.4, 0.5) is 0 Å². The highest BCUT2D eigenvalue weighted by atomic mass is 16.3. The van der Waals surface area contributed by atoms with E-state index in [0.717, 1.165) is 5.56 Å². The summed E-state index contributed by atoms with van der Waals surface area (Å²) in [6.45, 7) is 2.06. The molecule has 1 amide bonds. The molecule has 1 aromatic rings. The number of phenols is 2. The molecule has 5 N–H and O–H groups in total. The number of aromatic hydroxyl groups is 2. The van der Waals surface area contributed by atoms with Crippen LogP contribution < -0.4 is 11.1 Å². The standard InChI is InChI=1S/C11H16N2O3/c1-7(12)11(16)13-5-4-8-2-3-9(14)10(15)6-8/h2-3,6-7,14-15H,4-5,12H2,1H3,(H,13,16). The number of nitrogens with two attached hydrogens (primary N) is 1. The minimum Gasteiger partial charge on any atom is -0.504 e. The van der Waals surface area contributed by atoms with Gasteiger partial charge >= 0.3 is 0 Å². The Hall–Kier alpha value is -1.75. The van der Waals surface area contributed by atoms with Crippen LogP contribution in [-0.4, -0.2) is 28.7 Å². The van der Waals surface area contributed by atoms with Crippen molar-refractivity contribution < 1.29 is 15.0 Å². The van der Waals surface area contributed by atoms with Gasteiger partial charge in [0.25, 0.3) is 0 Å². The Morgan fingerprint density at radius 3 is 2.69 bits per heavy atom. The molecule has 5 heteroatoms. The maximum atomic E-state index is 11.1. The van der Waals surface area contributed by atoms with Crippen molar-refractivity contribution in [2.75, 3.05) is 6.54 Å². The maximum absolute atomic E-state index is 11.1. The second-order valence-corrected chi connectivity index (χ2v) is 3.65. The number of carbonyl (C=O) groups excluding carboxylic acids is 1. The predicted octanol–water partition coefficient (Wildman–Crippen LogP) is 0.104. The van der Waals surface area contributed by atoms with Gasteiger partial charge in [-0.3, -0.25) is 4.79 Å².